The molecule has 0 aliphatic carbocycles. The lowest BCUT2D eigenvalue weighted by molar-refractivity contribution is -0.384. The van der Waals surface area contributed by atoms with Crippen LogP contribution in [0.25, 0.3) is 21.3 Å². The van der Waals surface area contributed by atoms with Gasteiger partial charge in [-0.3, -0.25) is 19.5 Å². The second-order valence-corrected chi connectivity index (χ2v) is 8.29. The molecule has 2 heterocycles. The van der Waals surface area contributed by atoms with E-state index in [9.17, 15) is 19.7 Å². The molecule has 0 bridgehead atoms. The van der Waals surface area contributed by atoms with Crippen LogP contribution in [0.5, 0.6) is 0 Å². The van der Waals surface area contributed by atoms with Crippen LogP contribution in [0.4, 0.5) is 5.69 Å². The van der Waals surface area contributed by atoms with E-state index in [1.54, 1.807) is 23.3 Å². The number of aromatic nitrogens is 2. The van der Waals surface area contributed by atoms with Gasteiger partial charge in [0.2, 0.25) is 5.91 Å². The summed E-state index contributed by atoms with van der Waals surface area (Å²) in [7, 11) is 1.75. The molecule has 0 radical (unpaired) electrons. The summed E-state index contributed by atoms with van der Waals surface area (Å²) in [6, 6.07) is 11.7. The molecule has 0 aliphatic heterocycles. The number of carbonyl (C=O) groups is 1. The van der Waals surface area contributed by atoms with Gasteiger partial charge in [0.05, 0.1) is 32.8 Å². The topological polar surface area (TPSA) is 111 Å². The van der Waals surface area contributed by atoms with Gasteiger partial charge in [-0.25, -0.2) is 9.78 Å². The predicted molar refractivity (Wildman–Crippen MR) is 117 cm³/mol. The van der Waals surface area contributed by atoms with Crippen LogP contribution >= 0.6 is 11.3 Å². The number of hydrogen-bond acceptors (Lipinski definition) is 7. The average Bonchev–Trinajstić information content (AvgIpc) is 3.32. The van der Waals surface area contributed by atoms with E-state index in [1.165, 1.54) is 22.8 Å². The zero-order valence-electron chi connectivity index (χ0n) is 17.0. The van der Waals surface area contributed by atoms with Crippen molar-refractivity contribution in [3.05, 3.63) is 68.1 Å². The molecule has 10 heteroatoms. The van der Waals surface area contributed by atoms with Gasteiger partial charge in [-0.2, -0.15) is 0 Å². The van der Waals surface area contributed by atoms with E-state index in [4.69, 9.17) is 4.42 Å². The number of amides is 1. The monoisotopic (exact) mass is 440 g/mol. The maximum Gasteiger partial charge on any atom is 0.419 e. The highest BCUT2D eigenvalue weighted by Crippen LogP contribution is 2.29. The smallest absolute Gasteiger partial charge is 0.407 e. The van der Waals surface area contributed by atoms with Crippen molar-refractivity contribution in [1.29, 1.82) is 0 Å². The van der Waals surface area contributed by atoms with Crippen LogP contribution in [0, 0.1) is 10.1 Å². The summed E-state index contributed by atoms with van der Waals surface area (Å²) in [6.07, 6.45) is 0.680. The lowest BCUT2D eigenvalue weighted by Gasteiger charge is -2.23. The Morgan fingerprint density at radius 1 is 1.32 bits per heavy atom. The molecular weight excluding hydrogens is 420 g/mol. The number of nitrogens with zero attached hydrogens (tertiary/aromatic N) is 4. The van der Waals surface area contributed by atoms with Crippen molar-refractivity contribution in [2.24, 2.45) is 0 Å². The molecule has 9 nitrogen and oxygen atoms in total. The Labute approximate surface area is 180 Å². The maximum absolute atomic E-state index is 12.7. The molecule has 1 atom stereocenters. The van der Waals surface area contributed by atoms with Crippen LogP contribution in [0.15, 0.2) is 51.7 Å². The third kappa shape index (κ3) is 4.06. The van der Waals surface area contributed by atoms with Crippen molar-refractivity contribution in [2.75, 3.05) is 7.05 Å². The molecular formula is C21H20N4O5S. The molecule has 160 valence electrons. The van der Waals surface area contributed by atoms with Crippen molar-refractivity contribution in [1.82, 2.24) is 14.5 Å². The van der Waals surface area contributed by atoms with E-state index in [0.29, 0.717) is 11.9 Å². The van der Waals surface area contributed by atoms with Gasteiger partial charge < -0.3 is 9.32 Å². The first-order valence-electron chi connectivity index (χ1n) is 9.74. The molecule has 1 amide bonds. The van der Waals surface area contributed by atoms with Crippen LogP contribution in [0.2, 0.25) is 0 Å². The van der Waals surface area contributed by atoms with Crippen molar-refractivity contribution < 1.29 is 14.1 Å². The van der Waals surface area contributed by atoms with E-state index in [0.717, 1.165) is 15.2 Å². The number of carbonyl (C=O) groups excluding carboxylic acids is 1. The highest BCUT2D eigenvalue weighted by atomic mass is 32.1. The van der Waals surface area contributed by atoms with Gasteiger partial charge in [0.15, 0.2) is 5.58 Å². The third-order valence-electron chi connectivity index (χ3n) is 5.28. The summed E-state index contributed by atoms with van der Waals surface area (Å²) in [5.41, 5.74) is 1.40. The Bertz CT molecular complexity index is 1310. The summed E-state index contributed by atoms with van der Waals surface area (Å²) < 4.78 is 7.59. The molecule has 4 aromatic rings. The Morgan fingerprint density at radius 3 is 2.84 bits per heavy atom. The number of rotatable bonds is 7. The third-order valence-corrected chi connectivity index (χ3v) is 6.48. The van der Waals surface area contributed by atoms with Crippen molar-refractivity contribution in [3.63, 3.8) is 0 Å². The molecule has 0 spiro atoms. The van der Waals surface area contributed by atoms with Gasteiger partial charge >= 0.3 is 5.76 Å². The lowest BCUT2D eigenvalue weighted by Crippen LogP contribution is -2.29. The number of thiazole rings is 1. The summed E-state index contributed by atoms with van der Waals surface area (Å²) in [5, 5.41) is 11.8. The van der Waals surface area contributed by atoms with Gasteiger partial charge in [0, 0.05) is 26.1 Å². The summed E-state index contributed by atoms with van der Waals surface area (Å²) >= 11 is 1.57. The number of fused-ring (bicyclic) bond motifs is 2. The molecule has 0 N–H and O–H groups in total. The van der Waals surface area contributed by atoms with Crippen molar-refractivity contribution in [2.45, 2.75) is 32.4 Å². The second kappa shape index (κ2) is 8.31. The number of non-ortho nitro benzene ring substituents is 1. The fourth-order valence-electron chi connectivity index (χ4n) is 3.40. The van der Waals surface area contributed by atoms with E-state index < -0.39 is 10.7 Å². The molecule has 0 fully saturated rings. The number of aryl methyl sites for hydroxylation is 1. The van der Waals surface area contributed by atoms with Crippen molar-refractivity contribution in [3.8, 4) is 0 Å². The Hall–Kier alpha value is -3.53. The molecule has 2 aromatic carbocycles. The standard InChI is InChI=1S/C21H20N4O5S/c1-13(20-22-15-6-3-4-7-18(15)31-20)23(2)19(26)8-5-11-24-16-10-9-14(25(28)29)12-17(16)30-21(24)27/h3-4,6-7,9-10,12-13H,5,8,11H2,1-2H3. The fraction of sp³-hybridized carbons (Fsp3) is 0.286. The van der Waals surface area contributed by atoms with Crippen LogP contribution in [0.3, 0.4) is 0 Å². The summed E-state index contributed by atoms with van der Waals surface area (Å²) in [5.74, 6) is -0.651. The highest BCUT2D eigenvalue weighted by Gasteiger charge is 2.21. The normalized spacial score (nSPS) is 12.3. The molecule has 0 saturated carbocycles. The van der Waals surface area contributed by atoms with Gasteiger partial charge in [0.1, 0.15) is 5.01 Å². The average molecular weight is 440 g/mol. The molecule has 4 rings (SSSR count). The number of para-hydroxylation sites is 1. The first-order valence-corrected chi connectivity index (χ1v) is 10.6. The first-order chi connectivity index (χ1) is 14.8. The largest absolute Gasteiger partial charge is 0.419 e. The highest BCUT2D eigenvalue weighted by molar-refractivity contribution is 7.18. The first kappa shape index (κ1) is 20.7. The van der Waals surface area contributed by atoms with Crippen LogP contribution in [-0.4, -0.2) is 32.3 Å². The number of benzene rings is 2. The van der Waals surface area contributed by atoms with Crippen molar-refractivity contribution >= 4 is 44.2 Å². The molecule has 2 aromatic heterocycles. The van der Waals surface area contributed by atoms with Crippen LogP contribution < -0.4 is 5.76 Å². The fourth-order valence-corrected chi connectivity index (χ4v) is 4.46. The number of nitro groups is 1. The van der Waals surface area contributed by atoms with E-state index in [1.807, 2.05) is 31.2 Å². The summed E-state index contributed by atoms with van der Waals surface area (Å²) in [6.45, 7) is 2.22. The maximum atomic E-state index is 12.7. The number of nitro benzene ring substituents is 1. The SMILES string of the molecule is CC(c1nc2ccccc2s1)N(C)C(=O)CCCn1c(=O)oc2cc([N+](=O)[O-])ccc21. The van der Waals surface area contributed by atoms with Gasteiger partial charge in [-0.1, -0.05) is 12.1 Å². The molecule has 0 saturated heterocycles. The molecule has 31 heavy (non-hydrogen) atoms. The quantitative estimate of drug-likeness (QED) is 0.316. The Morgan fingerprint density at radius 2 is 2.10 bits per heavy atom. The molecule has 1 unspecified atom stereocenters. The zero-order valence-corrected chi connectivity index (χ0v) is 17.8. The zero-order chi connectivity index (χ0) is 22.1. The molecule has 0 aliphatic rings. The summed E-state index contributed by atoms with van der Waals surface area (Å²) in [4.78, 5) is 41.4. The number of oxazole rings is 1. The van der Waals surface area contributed by atoms with Crippen LogP contribution in [-0.2, 0) is 11.3 Å². The van der Waals surface area contributed by atoms with Gasteiger partial charge in [-0.15, -0.1) is 11.3 Å². The van der Waals surface area contributed by atoms with E-state index >= 15 is 0 Å². The lowest BCUT2D eigenvalue weighted by atomic mass is 10.2. The van der Waals surface area contributed by atoms with Gasteiger partial charge in [-0.05, 0) is 31.5 Å². The van der Waals surface area contributed by atoms with E-state index in [-0.39, 0.29) is 36.2 Å². The van der Waals surface area contributed by atoms with Gasteiger partial charge in [0.25, 0.3) is 5.69 Å². The number of hydrogen-bond donors (Lipinski definition) is 0. The van der Waals surface area contributed by atoms with E-state index in [2.05, 4.69) is 4.98 Å². The minimum atomic E-state index is -0.598. The van der Waals surface area contributed by atoms with Crippen LogP contribution in [0.1, 0.15) is 30.8 Å². The minimum Gasteiger partial charge on any atom is -0.407 e. The Balaban J connectivity index is 1.41. The Kier molecular flexibility index (Phi) is 5.55. The minimum absolute atomic E-state index is 0.0526. The predicted octanol–water partition coefficient (Wildman–Crippen LogP) is 4.11. The second-order valence-electron chi connectivity index (χ2n) is 7.23.